The van der Waals surface area contributed by atoms with Gasteiger partial charge in [0.05, 0.1) is 0 Å². The summed E-state index contributed by atoms with van der Waals surface area (Å²) in [5.74, 6) is -2.50. The summed E-state index contributed by atoms with van der Waals surface area (Å²) in [6.07, 6.45) is 0.879. The van der Waals surface area contributed by atoms with Crippen molar-refractivity contribution in [2.45, 2.75) is 18.2 Å². The molecule has 0 bridgehead atoms. The van der Waals surface area contributed by atoms with E-state index in [1.165, 1.54) is 0 Å². The van der Waals surface area contributed by atoms with Crippen LogP contribution in [0, 0.1) is 17.6 Å². The fourth-order valence-electron chi connectivity index (χ4n) is 2.45. The van der Waals surface area contributed by atoms with Crippen LogP contribution in [0.15, 0.2) is 17.0 Å². The average molecular weight is 319 g/mol. The molecule has 0 saturated carbocycles. The maximum Gasteiger partial charge on any atom is 0.243 e. The van der Waals surface area contributed by atoms with Gasteiger partial charge in [-0.2, -0.15) is 0 Å². The molecule has 1 saturated heterocycles. The molecule has 1 unspecified atom stereocenters. The Bertz CT molecular complexity index is 622. The van der Waals surface area contributed by atoms with E-state index in [9.17, 15) is 17.2 Å². The smallest absolute Gasteiger partial charge is 0.243 e. The van der Waals surface area contributed by atoms with Crippen LogP contribution in [0.4, 0.5) is 14.5 Å². The van der Waals surface area contributed by atoms with E-state index in [4.69, 9.17) is 5.73 Å². The van der Waals surface area contributed by atoms with Crippen LogP contribution in [0.25, 0.3) is 0 Å². The van der Waals surface area contributed by atoms with Crippen LogP contribution in [0.3, 0.4) is 0 Å². The summed E-state index contributed by atoms with van der Waals surface area (Å²) in [4.78, 5) is 1.46. The lowest BCUT2D eigenvalue weighted by atomic mass is 10.1. The largest absolute Gasteiger partial charge is 0.399 e. The molecule has 1 heterocycles. The van der Waals surface area contributed by atoms with Gasteiger partial charge in [0, 0.05) is 18.8 Å². The number of hydrogen-bond donors (Lipinski definition) is 2. The summed E-state index contributed by atoms with van der Waals surface area (Å²) in [6.45, 7) is 4.88. The molecule has 8 heteroatoms. The van der Waals surface area contributed by atoms with Gasteiger partial charge < -0.3 is 10.6 Å². The zero-order valence-corrected chi connectivity index (χ0v) is 12.6. The van der Waals surface area contributed by atoms with Gasteiger partial charge in [-0.25, -0.2) is 21.9 Å². The first-order valence-electron chi connectivity index (χ1n) is 6.80. The highest BCUT2D eigenvalue weighted by atomic mass is 32.2. The summed E-state index contributed by atoms with van der Waals surface area (Å²) in [5, 5.41) is 0. The molecule has 3 N–H and O–H groups in total. The molecule has 0 amide bonds. The molecule has 1 aromatic carbocycles. The van der Waals surface area contributed by atoms with E-state index in [0.717, 1.165) is 38.2 Å². The first kappa shape index (κ1) is 16.1. The van der Waals surface area contributed by atoms with E-state index >= 15 is 0 Å². The molecule has 1 fully saturated rings. The second-order valence-electron chi connectivity index (χ2n) is 5.21. The van der Waals surface area contributed by atoms with E-state index < -0.39 is 26.6 Å². The number of benzene rings is 1. The lowest BCUT2D eigenvalue weighted by molar-refractivity contribution is 0.342. The molecule has 2 rings (SSSR count). The number of nitrogens with two attached hydrogens (primary N) is 1. The molecule has 1 aromatic rings. The molecular formula is C13H19F2N3O2S. The van der Waals surface area contributed by atoms with Crippen LogP contribution < -0.4 is 10.5 Å². The number of sulfonamides is 1. The highest BCUT2D eigenvalue weighted by molar-refractivity contribution is 7.89. The maximum absolute atomic E-state index is 13.6. The van der Waals surface area contributed by atoms with Crippen molar-refractivity contribution in [2.24, 2.45) is 5.92 Å². The Balaban J connectivity index is 2.09. The highest BCUT2D eigenvalue weighted by Gasteiger charge is 2.26. The normalized spacial score (nSPS) is 20.0. The second-order valence-corrected chi connectivity index (χ2v) is 6.95. The van der Waals surface area contributed by atoms with Crippen molar-refractivity contribution in [3.63, 3.8) is 0 Å². The number of nitrogen functional groups attached to an aromatic ring is 1. The third-order valence-electron chi connectivity index (χ3n) is 3.69. The Morgan fingerprint density at radius 2 is 2.14 bits per heavy atom. The van der Waals surface area contributed by atoms with E-state index in [0.29, 0.717) is 0 Å². The summed E-state index contributed by atoms with van der Waals surface area (Å²) in [7, 11) is -4.11. The Labute approximate surface area is 123 Å². The third-order valence-corrected chi connectivity index (χ3v) is 5.11. The van der Waals surface area contributed by atoms with Gasteiger partial charge in [-0.1, -0.05) is 6.92 Å². The van der Waals surface area contributed by atoms with Gasteiger partial charge >= 0.3 is 0 Å². The molecular weight excluding hydrogens is 300 g/mol. The predicted octanol–water partition coefficient (Wildman–Crippen LogP) is 1.17. The van der Waals surface area contributed by atoms with E-state index in [-0.39, 0.29) is 18.2 Å². The first-order valence-corrected chi connectivity index (χ1v) is 8.28. The number of anilines is 1. The third kappa shape index (κ3) is 3.69. The minimum atomic E-state index is -4.11. The van der Waals surface area contributed by atoms with Gasteiger partial charge in [0.2, 0.25) is 10.0 Å². The fourth-order valence-corrected chi connectivity index (χ4v) is 3.69. The molecule has 1 aliphatic heterocycles. The number of nitrogens with zero attached hydrogens (tertiary/aromatic N) is 1. The Morgan fingerprint density at radius 1 is 1.43 bits per heavy atom. The van der Waals surface area contributed by atoms with Crippen LogP contribution in [-0.2, 0) is 10.0 Å². The van der Waals surface area contributed by atoms with Crippen LogP contribution in [0.2, 0.25) is 0 Å². The summed E-state index contributed by atoms with van der Waals surface area (Å²) in [6, 6.07) is 1.68. The van der Waals surface area contributed by atoms with Crippen molar-refractivity contribution in [3.8, 4) is 0 Å². The van der Waals surface area contributed by atoms with Crippen molar-refractivity contribution < 1.29 is 17.2 Å². The lowest BCUT2D eigenvalue weighted by Gasteiger charge is -2.14. The summed E-state index contributed by atoms with van der Waals surface area (Å²) >= 11 is 0. The molecule has 0 radical (unpaired) electrons. The van der Waals surface area contributed by atoms with Crippen LogP contribution in [0.5, 0.6) is 0 Å². The van der Waals surface area contributed by atoms with E-state index in [2.05, 4.69) is 9.62 Å². The standard InChI is InChI=1S/C13H19F2N3O2S/c1-2-18-4-3-9(8-18)7-17-21(19,20)12-6-10(16)5-11(14)13(12)15/h5-6,9,17H,2-4,7-8,16H2,1H3. The maximum atomic E-state index is 13.6. The minimum absolute atomic E-state index is 0.132. The average Bonchev–Trinajstić information content (AvgIpc) is 2.88. The summed E-state index contributed by atoms with van der Waals surface area (Å²) < 4.78 is 53.4. The number of hydrogen-bond acceptors (Lipinski definition) is 4. The predicted molar refractivity (Wildman–Crippen MR) is 76.2 cm³/mol. The molecule has 0 aromatic heterocycles. The molecule has 5 nitrogen and oxygen atoms in total. The van der Waals surface area contributed by atoms with Crippen molar-refractivity contribution >= 4 is 15.7 Å². The van der Waals surface area contributed by atoms with Crippen molar-refractivity contribution in [2.75, 3.05) is 31.9 Å². The van der Waals surface area contributed by atoms with Crippen molar-refractivity contribution in [1.82, 2.24) is 9.62 Å². The van der Waals surface area contributed by atoms with Gasteiger partial charge in [-0.15, -0.1) is 0 Å². The second kappa shape index (κ2) is 6.25. The number of nitrogens with one attached hydrogen (secondary N) is 1. The number of halogens is 2. The monoisotopic (exact) mass is 319 g/mol. The van der Waals surface area contributed by atoms with Gasteiger partial charge in [-0.3, -0.25) is 0 Å². The van der Waals surface area contributed by atoms with Gasteiger partial charge in [-0.05, 0) is 37.6 Å². The lowest BCUT2D eigenvalue weighted by Crippen LogP contribution is -2.31. The van der Waals surface area contributed by atoms with E-state index in [1.54, 1.807) is 0 Å². The zero-order valence-electron chi connectivity index (χ0n) is 11.8. The quantitative estimate of drug-likeness (QED) is 0.799. The molecule has 0 spiro atoms. The highest BCUT2D eigenvalue weighted by Crippen LogP contribution is 2.22. The Kier molecular flexibility index (Phi) is 4.80. The summed E-state index contributed by atoms with van der Waals surface area (Å²) in [5.41, 5.74) is 5.24. The van der Waals surface area contributed by atoms with Gasteiger partial charge in [0.25, 0.3) is 0 Å². The fraction of sp³-hybridized carbons (Fsp3) is 0.538. The zero-order chi connectivity index (χ0) is 15.6. The first-order chi connectivity index (χ1) is 9.83. The molecule has 1 atom stereocenters. The van der Waals surface area contributed by atoms with E-state index in [1.807, 2.05) is 6.92 Å². The molecule has 21 heavy (non-hydrogen) atoms. The number of likely N-dealkylation sites (tertiary alicyclic amines) is 1. The molecule has 1 aliphatic rings. The molecule has 118 valence electrons. The van der Waals surface area contributed by atoms with Crippen LogP contribution >= 0.6 is 0 Å². The Morgan fingerprint density at radius 3 is 2.76 bits per heavy atom. The van der Waals surface area contributed by atoms with Crippen LogP contribution in [-0.4, -0.2) is 39.5 Å². The Hall–Kier alpha value is -1.25. The topological polar surface area (TPSA) is 75.4 Å². The van der Waals surface area contributed by atoms with Crippen molar-refractivity contribution in [1.29, 1.82) is 0 Å². The van der Waals surface area contributed by atoms with Gasteiger partial charge in [0.1, 0.15) is 4.90 Å². The van der Waals surface area contributed by atoms with Crippen molar-refractivity contribution in [3.05, 3.63) is 23.8 Å². The van der Waals surface area contributed by atoms with Gasteiger partial charge in [0.15, 0.2) is 11.6 Å². The number of rotatable bonds is 5. The molecule has 0 aliphatic carbocycles. The SMILES string of the molecule is CCN1CCC(CNS(=O)(=O)c2cc(N)cc(F)c2F)C1. The minimum Gasteiger partial charge on any atom is -0.399 e. The van der Waals surface area contributed by atoms with Crippen LogP contribution in [0.1, 0.15) is 13.3 Å².